The predicted molar refractivity (Wildman–Crippen MR) is 97.8 cm³/mol. The second-order valence-corrected chi connectivity index (χ2v) is 7.15. The van der Waals surface area contributed by atoms with Crippen molar-refractivity contribution >= 4 is 28.0 Å². The Balaban J connectivity index is 1.88. The number of aliphatic imine (C=N–C) groups is 1. The van der Waals surface area contributed by atoms with Gasteiger partial charge in [0.1, 0.15) is 23.8 Å². The van der Waals surface area contributed by atoms with E-state index < -0.39 is 0 Å². The summed E-state index contributed by atoms with van der Waals surface area (Å²) < 4.78 is 5.24. The van der Waals surface area contributed by atoms with Crippen LogP contribution >= 0.6 is 11.3 Å². The molecule has 2 aromatic rings. The fourth-order valence-electron chi connectivity index (χ4n) is 3.46. The molecule has 1 aliphatic heterocycles. The van der Waals surface area contributed by atoms with E-state index in [9.17, 15) is 4.79 Å². The number of anilines is 1. The first-order chi connectivity index (χ1) is 12.2. The molecule has 0 bridgehead atoms. The lowest BCUT2D eigenvalue weighted by Crippen LogP contribution is -2.32. The summed E-state index contributed by atoms with van der Waals surface area (Å²) in [5.41, 5.74) is 4.17. The first-order valence-corrected chi connectivity index (χ1v) is 9.05. The number of ether oxygens (including phenoxy) is 1. The highest BCUT2D eigenvalue weighted by atomic mass is 32.1. The Kier molecular flexibility index (Phi) is 4.02. The fourth-order valence-corrected chi connectivity index (χ4v) is 4.87. The number of benzene rings is 1. The molecule has 5 nitrogen and oxygen atoms in total. The number of carbonyl (C=O) groups is 1. The van der Waals surface area contributed by atoms with E-state index in [4.69, 9.17) is 10.00 Å². The summed E-state index contributed by atoms with van der Waals surface area (Å²) in [6.45, 7) is 0.135. The minimum Gasteiger partial charge on any atom is -0.497 e. The van der Waals surface area contributed by atoms with E-state index >= 15 is 0 Å². The standard InChI is InChI=1S/C19H17N3O2S/c1-24-13-7-5-12(6-8-13)18-17-14-3-2-4-15(14)25-19(17)22(10-9-20)16(23)11-21-18/h5-8H,2-4,10-11H2,1H3. The van der Waals surface area contributed by atoms with Gasteiger partial charge in [-0.15, -0.1) is 11.3 Å². The molecule has 1 aromatic carbocycles. The molecule has 0 saturated carbocycles. The van der Waals surface area contributed by atoms with E-state index in [0.717, 1.165) is 46.9 Å². The van der Waals surface area contributed by atoms with Crippen LogP contribution in [-0.4, -0.2) is 31.8 Å². The van der Waals surface area contributed by atoms with Crippen molar-refractivity contribution in [1.29, 1.82) is 5.26 Å². The quantitative estimate of drug-likeness (QED) is 0.799. The molecule has 0 radical (unpaired) electrons. The van der Waals surface area contributed by atoms with Gasteiger partial charge in [0, 0.05) is 16.0 Å². The van der Waals surface area contributed by atoms with Gasteiger partial charge in [0.2, 0.25) is 5.91 Å². The molecular formula is C19H17N3O2S. The van der Waals surface area contributed by atoms with Crippen molar-refractivity contribution in [2.45, 2.75) is 19.3 Å². The molecule has 4 rings (SSSR count). The second kappa shape index (κ2) is 6.34. The third-order valence-corrected chi connectivity index (χ3v) is 5.97. The van der Waals surface area contributed by atoms with E-state index in [-0.39, 0.29) is 19.0 Å². The Morgan fingerprint density at radius 2 is 2.12 bits per heavy atom. The number of fused-ring (bicyclic) bond motifs is 3. The summed E-state index contributed by atoms with van der Waals surface area (Å²) in [5, 5.41) is 10.0. The summed E-state index contributed by atoms with van der Waals surface area (Å²) in [7, 11) is 1.64. The molecule has 2 aliphatic rings. The smallest absolute Gasteiger partial charge is 0.250 e. The zero-order chi connectivity index (χ0) is 17.4. The van der Waals surface area contributed by atoms with Crippen LogP contribution < -0.4 is 9.64 Å². The van der Waals surface area contributed by atoms with E-state index in [0.29, 0.717) is 0 Å². The van der Waals surface area contributed by atoms with Gasteiger partial charge in [0.25, 0.3) is 0 Å². The van der Waals surface area contributed by atoms with Crippen molar-refractivity contribution in [1.82, 2.24) is 0 Å². The highest BCUT2D eigenvalue weighted by Gasteiger charge is 2.32. The van der Waals surface area contributed by atoms with Gasteiger partial charge in [-0.2, -0.15) is 5.26 Å². The second-order valence-electron chi connectivity index (χ2n) is 6.07. The van der Waals surface area contributed by atoms with Crippen molar-refractivity contribution < 1.29 is 9.53 Å². The average molecular weight is 351 g/mol. The summed E-state index contributed by atoms with van der Waals surface area (Å²) >= 11 is 1.64. The predicted octanol–water partition coefficient (Wildman–Crippen LogP) is 2.95. The highest BCUT2D eigenvalue weighted by Crippen LogP contribution is 2.43. The first-order valence-electron chi connectivity index (χ1n) is 8.24. The van der Waals surface area contributed by atoms with Gasteiger partial charge >= 0.3 is 0 Å². The summed E-state index contributed by atoms with van der Waals surface area (Å²) in [6, 6.07) is 9.88. The zero-order valence-electron chi connectivity index (χ0n) is 13.9. The average Bonchev–Trinajstić information content (AvgIpc) is 3.19. The maximum Gasteiger partial charge on any atom is 0.250 e. The van der Waals surface area contributed by atoms with E-state index in [1.165, 1.54) is 10.4 Å². The monoisotopic (exact) mass is 351 g/mol. The van der Waals surface area contributed by atoms with Crippen LogP contribution in [0.25, 0.3) is 0 Å². The van der Waals surface area contributed by atoms with E-state index in [2.05, 4.69) is 11.1 Å². The van der Waals surface area contributed by atoms with Crippen LogP contribution in [0.1, 0.15) is 28.0 Å². The summed E-state index contributed by atoms with van der Waals surface area (Å²) in [5.74, 6) is 0.669. The lowest BCUT2D eigenvalue weighted by Gasteiger charge is -2.17. The first kappa shape index (κ1) is 15.9. The molecule has 2 heterocycles. The lowest BCUT2D eigenvalue weighted by atomic mass is 9.99. The summed E-state index contributed by atoms with van der Waals surface area (Å²) in [6.07, 6.45) is 3.18. The topological polar surface area (TPSA) is 65.7 Å². The fraction of sp³-hybridized carbons (Fsp3) is 0.316. The number of amides is 1. The number of hydrogen-bond donors (Lipinski definition) is 0. The van der Waals surface area contributed by atoms with Crippen molar-refractivity contribution in [3.63, 3.8) is 0 Å². The molecule has 0 fully saturated rings. The molecule has 0 saturated heterocycles. The largest absolute Gasteiger partial charge is 0.497 e. The molecular weight excluding hydrogens is 334 g/mol. The Morgan fingerprint density at radius 1 is 1.32 bits per heavy atom. The van der Waals surface area contributed by atoms with Crippen LogP contribution in [0.15, 0.2) is 29.3 Å². The van der Waals surface area contributed by atoms with Crippen LogP contribution in [-0.2, 0) is 17.6 Å². The third kappa shape index (κ3) is 2.61. The van der Waals surface area contributed by atoms with Crippen molar-refractivity contribution in [3.05, 3.63) is 45.8 Å². The molecule has 0 atom stereocenters. The number of hydrogen-bond acceptors (Lipinski definition) is 5. The van der Waals surface area contributed by atoms with Crippen molar-refractivity contribution in [2.24, 2.45) is 4.99 Å². The minimum absolute atomic E-state index is 0.0661. The number of methoxy groups -OCH3 is 1. The molecule has 126 valence electrons. The number of aryl methyl sites for hydroxylation is 1. The molecule has 1 aromatic heterocycles. The van der Waals surface area contributed by atoms with Gasteiger partial charge in [-0.25, -0.2) is 0 Å². The van der Waals surface area contributed by atoms with Crippen LogP contribution in [0.4, 0.5) is 5.00 Å². The van der Waals surface area contributed by atoms with Gasteiger partial charge in [0.05, 0.1) is 18.9 Å². The molecule has 0 N–H and O–H groups in total. The Bertz CT molecular complexity index is 906. The van der Waals surface area contributed by atoms with Crippen LogP contribution in [0, 0.1) is 11.3 Å². The SMILES string of the molecule is COc1ccc(C2=NCC(=O)N(CC#N)c3sc4c(c32)CCC4)cc1. The number of rotatable bonds is 3. The maximum absolute atomic E-state index is 12.5. The van der Waals surface area contributed by atoms with Gasteiger partial charge in [0.15, 0.2) is 0 Å². The van der Waals surface area contributed by atoms with Gasteiger partial charge < -0.3 is 4.74 Å². The normalized spacial score (nSPS) is 15.9. The molecule has 1 aliphatic carbocycles. The third-order valence-electron chi connectivity index (χ3n) is 4.65. The number of nitriles is 1. The Morgan fingerprint density at radius 3 is 2.84 bits per heavy atom. The maximum atomic E-state index is 12.5. The number of thiophene rings is 1. The number of nitrogens with zero attached hydrogens (tertiary/aromatic N) is 3. The van der Waals surface area contributed by atoms with Crippen molar-refractivity contribution in [3.8, 4) is 11.8 Å². The number of carbonyl (C=O) groups excluding carboxylic acids is 1. The van der Waals surface area contributed by atoms with E-state index in [1.807, 2.05) is 24.3 Å². The zero-order valence-corrected chi connectivity index (χ0v) is 14.7. The van der Waals surface area contributed by atoms with Crippen LogP contribution in [0.2, 0.25) is 0 Å². The van der Waals surface area contributed by atoms with Crippen molar-refractivity contribution in [2.75, 3.05) is 25.1 Å². The molecule has 0 spiro atoms. The highest BCUT2D eigenvalue weighted by molar-refractivity contribution is 7.17. The van der Waals surface area contributed by atoms with Gasteiger partial charge in [-0.05, 0) is 49.1 Å². The molecule has 6 heteroatoms. The van der Waals surface area contributed by atoms with Gasteiger partial charge in [-0.3, -0.25) is 14.7 Å². The van der Waals surface area contributed by atoms with Gasteiger partial charge in [-0.1, -0.05) is 0 Å². The summed E-state index contributed by atoms with van der Waals surface area (Å²) in [4.78, 5) is 20.1. The Hall–Kier alpha value is -2.65. The van der Waals surface area contributed by atoms with Crippen LogP contribution in [0.3, 0.4) is 0 Å². The lowest BCUT2D eigenvalue weighted by molar-refractivity contribution is -0.117. The molecule has 25 heavy (non-hydrogen) atoms. The molecule has 1 amide bonds. The minimum atomic E-state index is -0.119. The van der Waals surface area contributed by atoms with E-state index in [1.54, 1.807) is 23.3 Å². The molecule has 0 unspecified atom stereocenters. The Labute approximate surface area is 150 Å². The van der Waals surface area contributed by atoms with Crippen LogP contribution in [0.5, 0.6) is 5.75 Å².